The summed E-state index contributed by atoms with van der Waals surface area (Å²) in [7, 11) is 0. The van der Waals surface area contributed by atoms with Crippen LogP contribution in [0, 0.1) is 12.8 Å². The van der Waals surface area contributed by atoms with Gasteiger partial charge in [-0.05, 0) is 31.5 Å². The van der Waals surface area contributed by atoms with E-state index < -0.39 is 17.8 Å². The van der Waals surface area contributed by atoms with Gasteiger partial charge in [-0.25, -0.2) is 4.98 Å². The Kier molecular flexibility index (Phi) is 5.44. The monoisotopic (exact) mass is 393 g/mol. The molecule has 1 amide bonds. The van der Waals surface area contributed by atoms with Crippen LogP contribution >= 0.6 is 0 Å². The van der Waals surface area contributed by atoms with Gasteiger partial charge in [-0.3, -0.25) is 14.8 Å². The van der Waals surface area contributed by atoms with Crippen molar-refractivity contribution in [2.75, 3.05) is 5.32 Å². The molecule has 0 radical (unpaired) electrons. The van der Waals surface area contributed by atoms with Gasteiger partial charge in [0.1, 0.15) is 0 Å². The first kappa shape index (κ1) is 19.9. The zero-order valence-corrected chi connectivity index (χ0v) is 15.9. The largest absolute Gasteiger partial charge is 0.435 e. The number of anilines is 1. The van der Waals surface area contributed by atoms with Crippen LogP contribution in [0.4, 0.5) is 19.1 Å². The van der Waals surface area contributed by atoms with Crippen LogP contribution in [0.2, 0.25) is 0 Å². The minimum Gasteiger partial charge on any atom is -0.310 e. The molecule has 3 rings (SSSR count). The first-order valence-corrected chi connectivity index (χ1v) is 9.08. The van der Waals surface area contributed by atoms with Crippen molar-refractivity contribution < 1.29 is 18.0 Å². The standard InChI is InChI=1S/C19H22F3N5O/c1-4-9-26-15-8-6-5-7-14(15)23-18(26)24-17(28)12(2)11-27-13(3)10-16(25-27)19(20,21)22/h5-8,10,12H,4,9,11H2,1-3H3,(H,23,24,28). The Morgan fingerprint density at radius 1 is 1.29 bits per heavy atom. The summed E-state index contributed by atoms with van der Waals surface area (Å²) in [4.78, 5) is 17.1. The first-order chi connectivity index (χ1) is 13.2. The number of para-hydroxylation sites is 2. The summed E-state index contributed by atoms with van der Waals surface area (Å²) in [5.41, 5.74) is 1.09. The lowest BCUT2D eigenvalue weighted by atomic mass is 10.1. The molecule has 0 saturated heterocycles. The fourth-order valence-electron chi connectivity index (χ4n) is 3.03. The number of alkyl halides is 3. The highest BCUT2D eigenvalue weighted by atomic mass is 19.4. The molecule has 2 aromatic heterocycles. The zero-order chi connectivity index (χ0) is 20.5. The van der Waals surface area contributed by atoms with Gasteiger partial charge in [0.25, 0.3) is 0 Å². The molecule has 1 unspecified atom stereocenters. The molecule has 0 spiro atoms. The van der Waals surface area contributed by atoms with Gasteiger partial charge in [0, 0.05) is 12.2 Å². The van der Waals surface area contributed by atoms with Crippen molar-refractivity contribution in [3.63, 3.8) is 0 Å². The van der Waals surface area contributed by atoms with Crippen LogP contribution in [0.5, 0.6) is 0 Å². The SMILES string of the molecule is CCCn1c(NC(=O)C(C)Cn2nc(C(F)(F)F)cc2C)nc2ccccc21. The Balaban J connectivity index is 1.77. The van der Waals surface area contributed by atoms with Crippen LogP contribution in [0.1, 0.15) is 31.7 Å². The summed E-state index contributed by atoms with van der Waals surface area (Å²) in [5, 5.41) is 6.39. The molecule has 0 saturated carbocycles. The molecule has 9 heteroatoms. The lowest BCUT2D eigenvalue weighted by Gasteiger charge is -2.14. The average molecular weight is 393 g/mol. The number of benzene rings is 1. The van der Waals surface area contributed by atoms with Crippen molar-refractivity contribution >= 4 is 22.9 Å². The van der Waals surface area contributed by atoms with Gasteiger partial charge < -0.3 is 4.57 Å². The number of carbonyl (C=O) groups is 1. The summed E-state index contributed by atoms with van der Waals surface area (Å²) in [6.07, 6.45) is -3.64. The smallest absolute Gasteiger partial charge is 0.310 e. The maximum atomic E-state index is 12.8. The molecule has 28 heavy (non-hydrogen) atoms. The molecule has 6 nitrogen and oxygen atoms in total. The minimum absolute atomic E-state index is 0.0434. The lowest BCUT2D eigenvalue weighted by Crippen LogP contribution is -2.27. The van der Waals surface area contributed by atoms with E-state index in [1.807, 2.05) is 35.8 Å². The lowest BCUT2D eigenvalue weighted by molar-refractivity contribution is -0.141. The third kappa shape index (κ3) is 4.02. The highest BCUT2D eigenvalue weighted by Crippen LogP contribution is 2.28. The molecule has 1 aromatic carbocycles. The number of aromatic nitrogens is 4. The van der Waals surface area contributed by atoms with Crippen LogP contribution in [0.25, 0.3) is 11.0 Å². The summed E-state index contributed by atoms with van der Waals surface area (Å²) in [6, 6.07) is 8.56. The number of imidazole rings is 1. The van der Waals surface area contributed by atoms with Gasteiger partial charge in [-0.1, -0.05) is 26.0 Å². The molecule has 1 atom stereocenters. The van der Waals surface area contributed by atoms with Crippen molar-refractivity contribution in [2.24, 2.45) is 5.92 Å². The van der Waals surface area contributed by atoms with Crippen molar-refractivity contribution in [3.8, 4) is 0 Å². The van der Waals surface area contributed by atoms with Crippen LogP contribution in [-0.4, -0.2) is 25.2 Å². The zero-order valence-electron chi connectivity index (χ0n) is 15.9. The van der Waals surface area contributed by atoms with Crippen molar-refractivity contribution in [2.45, 2.75) is 46.5 Å². The second-order valence-corrected chi connectivity index (χ2v) is 6.82. The highest BCUT2D eigenvalue weighted by Gasteiger charge is 2.34. The van der Waals surface area contributed by atoms with E-state index in [2.05, 4.69) is 15.4 Å². The Morgan fingerprint density at radius 2 is 2.00 bits per heavy atom. The predicted molar refractivity (Wildman–Crippen MR) is 99.8 cm³/mol. The second kappa shape index (κ2) is 7.65. The Labute approximate surface area is 160 Å². The van der Waals surface area contributed by atoms with E-state index in [1.54, 1.807) is 6.92 Å². The van der Waals surface area contributed by atoms with Crippen molar-refractivity contribution in [3.05, 3.63) is 41.7 Å². The number of hydrogen-bond acceptors (Lipinski definition) is 3. The maximum Gasteiger partial charge on any atom is 0.435 e. The third-order valence-corrected chi connectivity index (χ3v) is 4.50. The predicted octanol–water partition coefficient (Wildman–Crippen LogP) is 4.24. The van der Waals surface area contributed by atoms with Gasteiger partial charge in [0.2, 0.25) is 11.9 Å². The number of nitrogens with zero attached hydrogens (tertiary/aromatic N) is 4. The number of amides is 1. The van der Waals surface area contributed by atoms with E-state index in [-0.39, 0.29) is 12.5 Å². The summed E-state index contributed by atoms with van der Waals surface area (Å²) >= 11 is 0. The molecule has 0 aliphatic rings. The number of nitrogens with one attached hydrogen (secondary N) is 1. The molecule has 3 aromatic rings. The van der Waals surface area contributed by atoms with E-state index in [4.69, 9.17) is 0 Å². The van der Waals surface area contributed by atoms with E-state index in [1.165, 1.54) is 11.6 Å². The van der Waals surface area contributed by atoms with E-state index >= 15 is 0 Å². The molecule has 2 heterocycles. The number of fused-ring (bicyclic) bond motifs is 1. The highest BCUT2D eigenvalue weighted by molar-refractivity contribution is 5.92. The van der Waals surface area contributed by atoms with E-state index in [0.717, 1.165) is 23.5 Å². The molecule has 0 aliphatic heterocycles. The molecule has 1 N–H and O–H groups in total. The third-order valence-electron chi connectivity index (χ3n) is 4.50. The summed E-state index contributed by atoms with van der Waals surface area (Å²) < 4.78 is 41.6. The summed E-state index contributed by atoms with van der Waals surface area (Å²) in [6.45, 7) is 5.95. The van der Waals surface area contributed by atoms with Gasteiger partial charge in [0.15, 0.2) is 5.69 Å². The summed E-state index contributed by atoms with van der Waals surface area (Å²) in [5.74, 6) is -0.473. The molecular weight excluding hydrogens is 371 g/mol. The number of hydrogen-bond donors (Lipinski definition) is 1. The molecular formula is C19H22F3N5O. The maximum absolute atomic E-state index is 12.8. The van der Waals surface area contributed by atoms with Crippen LogP contribution in [0.15, 0.2) is 30.3 Å². The van der Waals surface area contributed by atoms with Crippen LogP contribution in [-0.2, 0) is 24.1 Å². The minimum atomic E-state index is -4.51. The molecule has 0 fully saturated rings. The van der Waals surface area contributed by atoms with Gasteiger partial charge >= 0.3 is 6.18 Å². The number of halogens is 3. The number of carbonyl (C=O) groups excluding carboxylic acids is 1. The second-order valence-electron chi connectivity index (χ2n) is 6.82. The Bertz CT molecular complexity index is 989. The van der Waals surface area contributed by atoms with Gasteiger partial charge in [-0.2, -0.15) is 18.3 Å². The van der Waals surface area contributed by atoms with Crippen molar-refractivity contribution in [1.29, 1.82) is 0 Å². The van der Waals surface area contributed by atoms with Crippen molar-refractivity contribution in [1.82, 2.24) is 19.3 Å². The van der Waals surface area contributed by atoms with E-state index in [9.17, 15) is 18.0 Å². The fourth-order valence-corrected chi connectivity index (χ4v) is 3.03. The quantitative estimate of drug-likeness (QED) is 0.681. The van der Waals surface area contributed by atoms with Crippen LogP contribution in [0.3, 0.4) is 0 Å². The fraction of sp³-hybridized carbons (Fsp3) is 0.421. The average Bonchev–Trinajstić information content (AvgIpc) is 3.16. The number of rotatable bonds is 6. The van der Waals surface area contributed by atoms with E-state index in [0.29, 0.717) is 18.2 Å². The van der Waals surface area contributed by atoms with Crippen LogP contribution < -0.4 is 5.32 Å². The molecule has 150 valence electrons. The molecule has 0 aliphatic carbocycles. The Morgan fingerprint density at radius 3 is 2.64 bits per heavy atom. The van der Waals surface area contributed by atoms with Gasteiger partial charge in [-0.15, -0.1) is 0 Å². The first-order valence-electron chi connectivity index (χ1n) is 9.08. The molecule has 0 bridgehead atoms. The normalized spacial score (nSPS) is 13.1. The Hall–Kier alpha value is -2.84. The topological polar surface area (TPSA) is 64.7 Å². The van der Waals surface area contributed by atoms with Gasteiger partial charge in [0.05, 0.1) is 23.5 Å². The number of aryl methyl sites for hydroxylation is 2.